The highest BCUT2D eigenvalue weighted by Crippen LogP contribution is 2.26. The van der Waals surface area contributed by atoms with Gasteiger partial charge in [-0.2, -0.15) is 0 Å². The zero-order chi connectivity index (χ0) is 18.9. The second kappa shape index (κ2) is 12.4. The van der Waals surface area contributed by atoms with E-state index in [0.29, 0.717) is 19.2 Å². The van der Waals surface area contributed by atoms with Gasteiger partial charge in [-0.05, 0) is 50.5 Å². The Morgan fingerprint density at radius 1 is 1.14 bits per heavy atom. The van der Waals surface area contributed by atoms with E-state index in [1.807, 2.05) is 24.3 Å². The molecule has 1 saturated carbocycles. The number of hydrogen-bond acceptors (Lipinski definition) is 4. The number of rotatable bonds is 8. The minimum absolute atomic E-state index is 0. The summed E-state index contributed by atoms with van der Waals surface area (Å²) in [4.78, 5) is 7.34. The molecule has 28 heavy (non-hydrogen) atoms. The molecule has 0 aromatic heterocycles. The summed E-state index contributed by atoms with van der Waals surface area (Å²) >= 11 is 0. The van der Waals surface area contributed by atoms with Crippen molar-refractivity contribution >= 4 is 29.9 Å². The maximum Gasteiger partial charge on any atom is 0.191 e. The Morgan fingerprint density at radius 3 is 2.54 bits per heavy atom. The third kappa shape index (κ3) is 6.99. The van der Waals surface area contributed by atoms with Crippen molar-refractivity contribution in [2.45, 2.75) is 51.1 Å². The van der Waals surface area contributed by atoms with E-state index in [-0.39, 0.29) is 24.0 Å². The van der Waals surface area contributed by atoms with E-state index in [1.165, 1.54) is 38.6 Å². The highest BCUT2D eigenvalue weighted by Gasteiger charge is 2.30. The molecule has 1 aromatic rings. The Morgan fingerprint density at radius 2 is 1.86 bits per heavy atom. The van der Waals surface area contributed by atoms with Crippen molar-refractivity contribution in [3.63, 3.8) is 0 Å². The van der Waals surface area contributed by atoms with Crippen LogP contribution in [0.3, 0.4) is 0 Å². The molecular formula is C21H35IN4O2. The Labute approximate surface area is 186 Å². The maximum atomic E-state index is 5.76. The number of likely N-dealkylation sites (tertiary alicyclic amines) is 1. The van der Waals surface area contributed by atoms with Gasteiger partial charge in [0.15, 0.2) is 5.96 Å². The molecule has 2 fully saturated rings. The Kier molecular flexibility index (Phi) is 10.2. The van der Waals surface area contributed by atoms with Gasteiger partial charge in [0, 0.05) is 31.7 Å². The van der Waals surface area contributed by atoms with Crippen molar-refractivity contribution in [3.8, 4) is 11.5 Å². The first kappa shape index (κ1) is 23.1. The van der Waals surface area contributed by atoms with E-state index in [0.717, 1.165) is 36.6 Å². The highest BCUT2D eigenvalue weighted by atomic mass is 127. The summed E-state index contributed by atoms with van der Waals surface area (Å²) in [7, 11) is 1.66. The van der Waals surface area contributed by atoms with E-state index >= 15 is 0 Å². The maximum absolute atomic E-state index is 5.76. The van der Waals surface area contributed by atoms with Crippen LogP contribution in [0.5, 0.6) is 11.5 Å². The molecule has 1 aliphatic heterocycles. The average molecular weight is 502 g/mol. The molecule has 2 aliphatic rings. The van der Waals surface area contributed by atoms with Crippen LogP contribution in [0.25, 0.3) is 0 Å². The first-order valence-corrected chi connectivity index (χ1v) is 10.3. The fourth-order valence-electron chi connectivity index (χ4n) is 4.01. The van der Waals surface area contributed by atoms with E-state index in [1.54, 1.807) is 7.11 Å². The van der Waals surface area contributed by atoms with Gasteiger partial charge in [-0.25, -0.2) is 4.99 Å². The fourth-order valence-corrected chi connectivity index (χ4v) is 4.01. The van der Waals surface area contributed by atoms with Crippen LogP contribution in [0.2, 0.25) is 0 Å². The lowest BCUT2D eigenvalue weighted by Gasteiger charge is -2.24. The molecule has 7 heteroatoms. The smallest absolute Gasteiger partial charge is 0.191 e. The molecule has 1 saturated heterocycles. The van der Waals surface area contributed by atoms with Crippen molar-refractivity contribution in [2.24, 2.45) is 4.99 Å². The second-order valence-corrected chi connectivity index (χ2v) is 7.35. The third-order valence-corrected chi connectivity index (χ3v) is 5.44. The lowest BCUT2D eigenvalue weighted by Crippen LogP contribution is -2.45. The van der Waals surface area contributed by atoms with Crippen LogP contribution in [0.15, 0.2) is 29.3 Å². The van der Waals surface area contributed by atoms with Gasteiger partial charge in [-0.15, -0.1) is 24.0 Å². The average Bonchev–Trinajstić information content (AvgIpc) is 3.37. The summed E-state index contributed by atoms with van der Waals surface area (Å²) in [6.07, 6.45) is 6.76. The number of benzene rings is 1. The first-order valence-electron chi connectivity index (χ1n) is 10.3. The number of ether oxygens (including phenoxy) is 2. The van der Waals surface area contributed by atoms with E-state index in [9.17, 15) is 0 Å². The molecule has 2 N–H and O–H groups in total. The zero-order valence-electron chi connectivity index (χ0n) is 17.2. The number of aliphatic imine (C=N–C) groups is 1. The van der Waals surface area contributed by atoms with Crippen LogP contribution in [0.1, 0.15) is 39.0 Å². The van der Waals surface area contributed by atoms with Crippen molar-refractivity contribution in [3.05, 3.63) is 24.3 Å². The Hall–Kier alpha value is -1.22. The number of halogens is 1. The minimum Gasteiger partial charge on any atom is -0.497 e. The fraction of sp³-hybridized carbons (Fsp3) is 0.667. The van der Waals surface area contributed by atoms with Gasteiger partial charge >= 0.3 is 0 Å². The summed E-state index contributed by atoms with van der Waals surface area (Å²) < 4.78 is 10.9. The predicted molar refractivity (Wildman–Crippen MR) is 125 cm³/mol. The summed E-state index contributed by atoms with van der Waals surface area (Å²) in [6, 6.07) is 8.95. The van der Waals surface area contributed by atoms with Gasteiger partial charge in [0.1, 0.15) is 18.1 Å². The van der Waals surface area contributed by atoms with Crippen molar-refractivity contribution < 1.29 is 9.47 Å². The van der Waals surface area contributed by atoms with Crippen molar-refractivity contribution in [1.82, 2.24) is 15.5 Å². The number of guanidine groups is 1. The van der Waals surface area contributed by atoms with Crippen LogP contribution in [-0.4, -0.2) is 62.8 Å². The molecule has 1 aromatic carbocycles. The zero-order valence-corrected chi connectivity index (χ0v) is 19.5. The molecule has 3 rings (SSSR count). The van der Waals surface area contributed by atoms with Gasteiger partial charge in [-0.1, -0.05) is 12.8 Å². The molecule has 6 nitrogen and oxygen atoms in total. The van der Waals surface area contributed by atoms with Gasteiger partial charge in [-0.3, -0.25) is 4.90 Å². The molecule has 0 radical (unpaired) electrons. The number of nitrogens with one attached hydrogen (secondary N) is 2. The quantitative estimate of drug-likeness (QED) is 0.248. The van der Waals surface area contributed by atoms with Gasteiger partial charge < -0.3 is 20.1 Å². The predicted octanol–water partition coefficient (Wildman–Crippen LogP) is 3.26. The molecule has 0 spiro atoms. The van der Waals surface area contributed by atoms with E-state index in [2.05, 4.69) is 27.4 Å². The Balaban J connectivity index is 0.00000280. The lowest BCUT2D eigenvalue weighted by atomic mass is 10.2. The molecule has 0 bridgehead atoms. The van der Waals surface area contributed by atoms with Crippen molar-refractivity contribution in [2.75, 3.05) is 39.9 Å². The van der Waals surface area contributed by atoms with Crippen LogP contribution < -0.4 is 20.1 Å². The largest absolute Gasteiger partial charge is 0.497 e. The Bertz CT molecular complexity index is 591. The van der Waals surface area contributed by atoms with Gasteiger partial charge in [0.2, 0.25) is 0 Å². The monoisotopic (exact) mass is 502 g/mol. The minimum atomic E-state index is 0. The number of hydrogen-bond donors (Lipinski definition) is 2. The first-order chi connectivity index (χ1) is 13.3. The van der Waals surface area contributed by atoms with Gasteiger partial charge in [0.05, 0.1) is 13.7 Å². The van der Waals surface area contributed by atoms with Gasteiger partial charge in [0.25, 0.3) is 0 Å². The molecule has 1 heterocycles. The molecular weight excluding hydrogens is 467 g/mol. The van der Waals surface area contributed by atoms with Crippen LogP contribution >= 0.6 is 24.0 Å². The third-order valence-electron chi connectivity index (χ3n) is 5.44. The molecule has 158 valence electrons. The standard InChI is InChI=1S/C21H34N4O2.HI/c1-3-22-21(23-13-15-27-20-10-8-19(26-2)9-11-20)24-17-12-14-25(16-17)18-6-4-5-7-18;/h8-11,17-18H,3-7,12-16H2,1-2H3,(H2,22,23,24);1H. The topological polar surface area (TPSA) is 58.1 Å². The van der Waals surface area contributed by atoms with Crippen LogP contribution in [-0.2, 0) is 0 Å². The summed E-state index contributed by atoms with van der Waals surface area (Å²) in [5, 5.41) is 6.97. The van der Waals surface area contributed by atoms with E-state index < -0.39 is 0 Å². The van der Waals surface area contributed by atoms with Crippen LogP contribution in [0, 0.1) is 0 Å². The van der Waals surface area contributed by atoms with Crippen molar-refractivity contribution in [1.29, 1.82) is 0 Å². The van der Waals surface area contributed by atoms with E-state index in [4.69, 9.17) is 9.47 Å². The normalized spacial score (nSPS) is 20.6. The second-order valence-electron chi connectivity index (χ2n) is 7.35. The summed E-state index contributed by atoms with van der Waals surface area (Å²) in [5.74, 6) is 2.57. The SMILES string of the molecule is CCNC(=NCCOc1ccc(OC)cc1)NC1CCN(C2CCCC2)C1.I. The molecule has 1 aliphatic carbocycles. The summed E-state index contributed by atoms with van der Waals surface area (Å²) in [6.45, 7) is 6.50. The lowest BCUT2D eigenvalue weighted by molar-refractivity contribution is 0.242. The number of methoxy groups -OCH3 is 1. The molecule has 1 unspecified atom stereocenters. The summed E-state index contributed by atoms with van der Waals surface area (Å²) in [5.41, 5.74) is 0. The van der Waals surface area contributed by atoms with Crippen LogP contribution in [0.4, 0.5) is 0 Å². The molecule has 0 amide bonds. The number of nitrogens with zero attached hydrogens (tertiary/aromatic N) is 2. The molecule has 1 atom stereocenters. The highest BCUT2D eigenvalue weighted by molar-refractivity contribution is 14.0.